The molecule has 2 N–H and O–H groups in total. The van der Waals surface area contributed by atoms with Crippen molar-refractivity contribution in [1.29, 1.82) is 0 Å². The van der Waals surface area contributed by atoms with Gasteiger partial charge in [0.1, 0.15) is 5.82 Å². The van der Waals surface area contributed by atoms with Gasteiger partial charge in [0.05, 0.1) is 5.69 Å². The zero-order chi connectivity index (χ0) is 15.2. The number of likely N-dealkylation sites (tertiary alicyclic amines) is 1. The Kier molecular flexibility index (Phi) is 8.31. The van der Waals surface area contributed by atoms with Crippen LogP contribution < -0.4 is 10.6 Å². The van der Waals surface area contributed by atoms with Crippen LogP contribution in [0.5, 0.6) is 0 Å². The molecule has 0 aliphatic carbocycles. The molecule has 4 nitrogen and oxygen atoms in total. The second kappa shape index (κ2) is 9.45. The molecule has 1 saturated heterocycles. The summed E-state index contributed by atoms with van der Waals surface area (Å²) in [7, 11) is 1.97. The summed E-state index contributed by atoms with van der Waals surface area (Å²) in [5, 5.41) is 5.90. The molecule has 22 heavy (non-hydrogen) atoms. The fourth-order valence-electron chi connectivity index (χ4n) is 2.56. The van der Waals surface area contributed by atoms with Gasteiger partial charge in [-0.15, -0.1) is 12.4 Å². The lowest BCUT2D eigenvalue weighted by molar-refractivity contribution is -0.116. The third-order valence-electron chi connectivity index (χ3n) is 3.77. The Morgan fingerprint density at radius 1 is 1.50 bits per heavy atom. The van der Waals surface area contributed by atoms with Gasteiger partial charge in [-0.05, 0) is 44.6 Å². The number of carbonyl (C=O) groups is 1. The first-order chi connectivity index (χ1) is 10.1. The van der Waals surface area contributed by atoms with Crippen LogP contribution in [0.15, 0.2) is 22.7 Å². The molecule has 1 amide bonds. The SMILES string of the molecule is CNC1CCCN(CCC(=O)Nc2ccc(Br)cc2F)C1.Cl. The van der Waals surface area contributed by atoms with Gasteiger partial charge in [0.25, 0.3) is 0 Å². The van der Waals surface area contributed by atoms with E-state index in [0.717, 1.165) is 19.5 Å². The molecule has 1 fully saturated rings. The summed E-state index contributed by atoms with van der Waals surface area (Å²) >= 11 is 3.19. The van der Waals surface area contributed by atoms with Gasteiger partial charge in [-0.25, -0.2) is 4.39 Å². The fourth-order valence-corrected chi connectivity index (χ4v) is 2.89. The average Bonchev–Trinajstić information content (AvgIpc) is 2.48. The van der Waals surface area contributed by atoms with E-state index in [0.29, 0.717) is 23.5 Å². The summed E-state index contributed by atoms with van der Waals surface area (Å²) in [6, 6.07) is 5.12. The van der Waals surface area contributed by atoms with Crippen LogP contribution >= 0.6 is 28.3 Å². The van der Waals surface area contributed by atoms with Crippen molar-refractivity contribution >= 4 is 39.9 Å². The Hall–Kier alpha value is -0.690. The predicted molar refractivity (Wildman–Crippen MR) is 93.1 cm³/mol. The molecule has 1 aliphatic heterocycles. The zero-order valence-electron chi connectivity index (χ0n) is 12.6. The van der Waals surface area contributed by atoms with Crippen LogP contribution in [0.25, 0.3) is 0 Å². The molecular formula is C15H22BrClFN3O. The summed E-state index contributed by atoms with van der Waals surface area (Å²) in [6.45, 7) is 2.71. The molecule has 2 rings (SSSR count). The Labute approximate surface area is 145 Å². The molecule has 1 heterocycles. The van der Waals surface area contributed by atoms with Gasteiger partial charge in [0, 0.05) is 30.0 Å². The molecule has 0 aromatic heterocycles. The second-order valence-electron chi connectivity index (χ2n) is 5.35. The summed E-state index contributed by atoms with van der Waals surface area (Å²) in [5.74, 6) is -0.575. The highest BCUT2D eigenvalue weighted by Gasteiger charge is 2.18. The van der Waals surface area contributed by atoms with Crippen LogP contribution in [-0.2, 0) is 4.79 Å². The minimum Gasteiger partial charge on any atom is -0.324 e. The Bertz CT molecular complexity index is 504. The first-order valence-electron chi connectivity index (χ1n) is 7.23. The van der Waals surface area contributed by atoms with Crippen molar-refractivity contribution in [2.75, 3.05) is 32.0 Å². The number of rotatable bonds is 5. The van der Waals surface area contributed by atoms with Crippen LogP contribution in [0.2, 0.25) is 0 Å². The first kappa shape index (κ1) is 19.4. The van der Waals surface area contributed by atoms with Crippen molar-refractivity contribution in [3.05, 3.63) is 28.5 Å². The van der Waals surface area contributed by atoms with E-state index in [1.807, 2.05) is 7.05 Å². The van der Waals surface area contributed by atoms with Gasteiger partial charge in [0.15, 0.2) is 0 Å². The van der Waals surface area contributed by atoms with Crippen molar-refractivity contribution in [3.8, 4) is 0 Å². The Morgan fingerprint density at radius 2 is 2.27 bits per heavy atom. The number of carbonyl (C=O) groups excluding carboxylic acids is 1. The van der Waals surface area contributed by atoms with Crippen LogP contribution in [0.3, 0.4) is 0 Å². The maximum Gasteiger partial charge on any atom is 0.225 e. The van der Waals surface area contributed by atoms with E-state index in [9.17, 15) is 9.18 Å². The van der Waals surface area contributed by atoms with Crippen molar-refractivity contribution in [3.63, 3.8) is 0 Å². The number of hydrogen-bond donors (Lipinski definition) is 2. The molecule has 0 spiro atoms. The number of hydrogen-bond acceptors (Lipinski definition) is 3. The van der Waals surface area contributed by atoms with Gasteiger partial charge < -0.3 is 15.5 Å². The topological polar surface area (TPSA) is 44.4 Å². The number of piperidine rings is 1. The van der Waals surface area contributed by atoms with E-state index < -0.39 is 5.82 Å². The van der Waals surface area contributed by atoms with Gasteiger partial charge in [-0.2, -0.15) is 0 Å². The van der Waals surface area contributed by atoms with Crippen LogP contribution in [0.1, 0.15) is 19.3 Å². The zero-order valence-corrected chi connectivity index (χ0v) is 15.0. The largest absolute Gasteiger partial charge is 0.324 e. The maximum absolute atomic E-state index is 13.6. The standard InChI is InChI=1S/C15H21BrFN3O.ClH/c1-18-12-3-2-7-20(10-12)8-6-15(21)19-14-5-4-11(16)9-13(14)17;/h4-5,9,12,18H,2-3,6-8,10H2,1H3,(H,19,21);1H. The van der Waals surface area contributed by atoms with Gasteiger partial charge in [0.2, 0.25) is 5.91 Å². The van der Waals surface area contributed by atoms with E-state index in [-0.39, 0.29) is 24.0 Å². The highest BCUT2D eigenvalue weighted by molar-refractivity contribution is 9.10. The normalized spacial score (nSPS) is 18.6. The average molecular weight is 395 g/mol. The number of likely N-dealkylation sites (N-methyl/N-ethyl adjacent to an activating group) is 1. The summed E-state index contributed by atoms with van der Waals surface area (Å²) < 4.78 is 14.3. The molecule has 124 valence electrons. The van der Waals surface area contributed by atoms with Gasteiger partial charge in [-0.1, -0.05) is 15.9 Å². The minimum absolute atomic E-state index is 0. The van der Waals surface area contributed by atoms with Crippen molar-refractivity contribution < 1.29 is 9.18 Å². The quantitative estimate of drug-likeness (QED) is 0.807. The van der Waals surface area contributed by atoms with Crippen molar-refractivity contribution in [1.82, 2.24) is 10.2 Å². The lowest BCUT2D eigenvalue weighted by Crippen LogP contribution is -2.45. The fraction of sp³-hybridized carbons (Fsp3) is 0.533. The molecule has 0 saturated carbocycles. The van der Waals surface area contributed by atoms with E-state index in [1.165, 1.54) is 12.5 Å². The second-order valence-corrected chi connectivity index (χ2v) is 6.27. The van der Waals surface area contributed by atoms with E-state index >= 15 is 0 Å². The summed E-state index contributed by atoms with van der Waals surface area (Å²) in [6.07, 6.45) is 2.71. The minimum atomic E-state index is -0.425. The number of nitrogens with zero attached hydrogens (tertiary/aromatic N) is 1. The monoisotopic (exact) mass is 393 g/mol. The maximum atomic E-state index is 13.6. The molecule has 0 bridgehead atoms. The molecule has 1 aromatic carbocycles. The lowest BCUT2D eigenvalue weighted by atomic mass is 10.1. The highest BCUT2D eigenvalue weighted by atomic mass is 79.9. The molecular weight excluding hydrogens is 373 g/mol. The smallest absolute Gasteiger partial charge is 0.225 e. The molecule has 1 aromatic rings. The number of nitrogens with one attached hydrogen (secondary N) is 2. The highest BCUT2D eigenvalue weighted by Crippen LogP contribution is 2.19. The third kappa shape index (κ3) is 5.83. The lowest BCUT2D eigenvalue weighted by Gasteiger charge is -2.32. The summed E-state index contributed by atoms with van der Waals surface area (Å²) in [4.78, 5) is 14.2. The van der Waals surface area contributed by atoms with E-state index in [1.54, 1.807) is 12.1 Å². The van der Waals surface area contributed by atoms with E-state index in [4.69, 9.17) is 0 Å². The van der Waals surface area contributed by atoms with Crippen LogP contribution in [-0.4, -0.2) is 43.5 Å². The van der Waals surface area contributed by atoms with Crippen LogP contribution in [0, 0.1) is 5.82 Å². The van der Waals surface area contributed by atoms with Gasteiger partial charge >= 0.3 is 0 Å². The summed E-state index contributed by atoms with van der Waals surface area (Å²) in [5.41, 5.74) is 0.231. The van der Waals surface area contributed by atoms with Crippen LogP contribution in [0.4, 0.5) is 10.1 Å². The van der Waals surface area contributed by atoms with Crippen molar-refractivity contribution in [2.24, 2.45) is 0 Å². The van der Waals surface area contributed by atoms with Gasteiger partial charge in [-0.3, -0.25) is 4.79 Å². The Morgan fingerprint density at radius 3 is 2.95 bits per heavy atom. The number of anilines is 1. The first-order valence-corrected chi connectivity index (χ1v) is 8.02. The Balaban J connectivity index is 0.00000242. The molecule has 0 radical (unpaired) electrons. The molecule has 1 aliphatic rings. The van der Waals surface area contributed by atoms with E-state index in [2.05, 4.69) is 31.5 Å². The number of amides is 1. The predicted octanol–water partition coefficient (Wildman–Crippen LogP) is 3.02. The molecule has 7 heteroatoms. The number of benzene rings is 1. The number of halogens is 3. The molecule has 1 atom stereocenters. The third-order valence-corrected chi connectivity index (χ3v) is 4.27. The van der Waals surface area contributed by atoms with Crippen molar-refractivity contribution in [2.45, 2.75) is 25.3 Å². The molecule has 1 unspecified atom stereocenters.